The van der Waals surface area contributed by atoms with E-state index in [1.54, 1.807) is 0 Å². The maximum absolute atomic E-state index is 5.34. The summed E-state index contributed by atoms with van der Waals surface area (Å²) in [7, 11) is 0. The van der Waals surface area contributed by atoms with Gasteiger partial charge in [0.25, 0.3) is 0 Å². The van der Waals surface area contributed by atoms with E-state index in [4.69, 9.17) is 4.74 Å². The summed E-state index contributed by atoms with van der Waals surface area (Å²) in [4.78, 5) is 0. The van der Waals surface area contributed by atoms with Crippen LogP contribution in [-0.2, 0) is 4.74 Å². The van der Waals surface area contributed by atoms with Crippen LogP contribution in [0.4, 0.5) is 0 Å². The molecule has 0 heterocycles. The van der Waals surface area contributed by atoms with Gasteiger partial charge in [0.2, 0.25) is 0 Å². The van der Waals surface area contributed by atoms with E-state index in [0.29, 0.717) is 0 Å². The normalized spacial score (nSPS) is 31.8. The lowest BCUT2D eigenvalue weighted by molar-refractivity contribution is 0.139. The number of rotatable bonds is 6. The molecule has 2 atom stereocenters. The molecule has 1 aliphatic rings. The van der Waals surface area contributed by atoms with Gasteiger partial charge in [0.05, 0.1) is 0 Å². The minimum absolute atomic E-state index is 0.736. The third kappa shape index (κ3) is 4.52. The molecule has 2 unspecified atom stereocenters. The molecule has 2 nitrogen and oxygen atoms in total. The number of nitrogens with one attached hydrogen (secondary N) is 1. The van der Waals surface area contributed by atoms with Crippen LogP contribution in [0.3, 0.4) is 0 Å². The van der Waals surface area contributed by atoms with Gasteiger partial charge >= 0.3 is 0 Å². The quantitative estimate of drug-likeness (QED) is 0.685. The van der Waals surface area contributed by atoms with Gasteiger partial charge in [-0.25, -0.2) is 0 Å². The Kier molecular flexibility index (Phi) is 6.26. The molecule has 1 rings (SSSR count). The Labute approximate surface area is 94.8 Å². The number of ether oxygens (including phenoxy) is 1. The molecule has 1 saturated carbocycles. The maximum Gasteiger partial charge on any atom is 0.0477 e. The van der Waals surface area contributed by atoms with Crippen molar-refractivity contribution in [2.45, 2.75) is 52.5 Å². The van der Waals surface area contributed by atoms with Gasteiger partial charge in [0.15, 0.2) is 0 Å². The van der Waals surface area contributed by atoms with E-state index < -0.39 is 0 Å². The molecule has 0 aromatic carbocycles. The van der Waals surface area contributed by atoms with E-state index >= 15 is 0 Å². The summed E-state index contributed by atoms with van der Waals surface area (Å²) in [5.74, 6) is 1.70. The standard InChI is InChI=1S/C13H27NO/c1-4-15-10-6-9-14-13-11(2)7-5-8-12(13)3/h11-14H,4-10H2,1-3H3. The molecular formula is C13H27NO. The summed E-state index contributed by atoms with van der Waals surface area (Å²) in [5, 5.41) is 3.70. The van der Waals surface area contributed by atoms with Crippen molar-refractivity contribution in [3.05, 3.63) is 0 Å². The van der Waals surface area contributed by atoms with Gasteiger partial charge in [0.1, 0.15) is 0 Å². The Bertz CT molecular complexity index is 151. The summed E-state index contributed by atoms with van der Waals surface area (Å²) in [6.07, 6.45) is 5.35. The zero-order chi connectivity index (χ0) is 11.1. The first kappa shape index (κ1) is 13.0. The van der Waals surface area contributed by atoms with Crippen LogP contribution in [0.2, 0.25) is 0 Å². The van der Waals surface area contributed by atoms with E-state index in [2.05, 4.69) is 26.1 Å². The van der Waals surface area contributed by atoms with Crippen LogP contribution in [0.25, 0.3) is 0 Å². The molecule has 0 radical (unpaired) electrons. The van der Waals surface area contributed by atoms with Crippen LogP contribution in [-0.4, -0.2) is 25.8 Å². The lowest BCUT2D eigenvalue weighted by Gasteiger charge is -2.35. The highest BCUT2D eigenvalue weighted by Gasteiger charge is 2.26. The molecule has 0 spiro atoms. The molecule has 0 aromatic rings. The molecule has 0 bridgehead atoms. The second-order valence-corrected chi connectivity index (χ2v) is 4.92. The van der Waals surface area contributed by atoms with Crippen molar-refractivity contribution < 1.29 is 4.74 Å². The summed E-state index contributed by atoms with van der Waals surface area (Å²) in [5.41, 5.74) is 0. The van der Waals surface area contributed by atoms with Crippen LogP contribution in [0.1, 0.15) is 46.5 Å². The van der Waals surface area contributed by atoms with Crippen LogP contribution in [0.15, 0.2) is 0 Å². The molecule has 1 N–H and O–H groups in total. The molecule has 1 fully saturated rings. The summed E-state index contributed by atoms with van der Waals surface area (Å²) < 4.78 is 5.34. The minimum atomic E-state index is 0.736. The van der Waals surface area contributed by atoms with Gasteiger partial charge in [-0.1, -0.05) is 20.3 Å². The number of hydrogen-bond acceptors (Lipinski definition) is 2. The van der Waals surface area contributed by atoms with Crippen molar-refractivity contribution in [3.8, 4) is 0 Å². The Morgan fingerprint density at radius 1 is 1.20 bits per heavy atom. The van der Waals surface area contributed by atoms with E-state index in [1.165, 1.54) is 19.3 Å². The van der Waals surface area contributed by atoms with E-state index in [-0.39, 0.29) is 0 Å². The average Bonchev–Trinajstić information content (AvgIpc) is 2.21. The third-order valence-electron chi connectivity index (χ3n) is 3.59. The zero-order valence-corrected chi connectivity index (χ0v) is 10.6. The lowest BCUT2D eigenvalue weighted by Crippen LogP contribution is -2.43. The monoisotopic (exact) mass is 213 g/mol. The summed E-state index contributed by atoms with van der Waals surface area (Å²) >= 11 is 0. The summed E-state index contributed by atoms with van der Waals surface area (Å²) in [6, 6.07) is 0.736. The zero-order valence-electron chi connectivity index (χ0n) is 10.6. The van der Waals surface area contributed by atoms with Crippen molar-refractivity contribution in [3.63, 3.8) is 0 Å². The Hall–Kier alpha value is -0.0800. The Balaban J connectivity index is 2.12. The van der Waals surface area contributed by atoms with Crippen LogP contribution in [0, 0.1) is 11.8 Å². The fourth-order valence-electron chi connectivity index (χ4n) is 2.67. The Morgan fingerprint density at radius 3 is 2.47 bits per heavy atom. The van der Waals surface area contributed by atoms with Crippen LogP contribution >= 0.6 is 0 Å². The molecule has 0 aliphatic heterocycles. The van der Waals surface area contributed by atoms with Gasteiger partial charge < -0.3 is 10.1 Å². The molecule has 0 amide bonds. The van der Waals surface area contributed by atoms with Gasteiger partial charge in [-0.3, -0.25) is 0 Å². The predicted octanol–water partition coefficient (Wildman–Crippen LogP) is 2.83. The molecule has 15 heavy (non-hydrogen) atoms. The molecule has 1 aliphatic carbocycles. The topological polar surface area (TPSA) is 21.3 Å². The van der Waals surface area contributed by atoms with Crippen molar-refractivity contribution in [1.29, 1.82) is 0 Å². The highest BCUT2D eigenvalue weighted by atomic mass is 16.5. The van der Waals surface area contributed by atoms with E-state index in [0.717, 1.165) is 44.1 Å². The molecule has 90 valence electrons. The van der Waals surface area contributed by atoms with Gasteiger partial charge in [0, 0.05) is 19.3 Å². The smallest absolute Gasteiger partial charge is 0.0477 e. The first-order valence-corrected chi connectivity index (χ1v) is 6.56. The maximum atomic E-state index is 5.34. The second kappa shape index (κ2) is 7.24. The highest BCUT2D eigenvalue weighted by Crippen LogP contribution is 2.28. The second-order valence-electron chi connectivity index (χ2n) is 4.92. The van der Waals surface area contributed by atoms with Crippen molar-refractivity contribution >= 4 is 0 Å². The Morgan fingerprint density at radius 2 is 1.87 bits per heavy atom. The van der Waals surface area contributed by atoms with Crippen LogP contribution in [0.5, 0.6) is 0 Å². The van der Waals surface area contributed by atoms with Gasteiger partial charge in [-0.15, -0.1) is 0 Å². The average molecular weight is 213 g/mol. The van der Waals surface area contributed by atoms with Crippen LogP contribution < -0.4 is 5.32 Å². The largest absolute Gasteiger partial charge is 0.382 e. The molecular weight excluding hydrogens is 186 g/mol. The molecule has 2 heteroatoms. The van der Waals surface area contributed by atoms with E-state index in [1.807, 2.05) is 0 Å². The SMILES string of the molecule is CCOCCCNC1C(C)CCCC1C. The van der Waals surface area contributed by atoms with Gasteiger partial charge in [-0.05, 0) is 44.6 Å². The first-order chi connectivity index (χ1) is 7.25. The fourth-order valence-corrected chi connectivity index (χ4v) is 2.67. The summed E-state index contributed by atoms with van der Waals surface area (Å²) in [6.45, 7) is 9.68. The molecule has 0 aromatic heterocycles. The van der Waals surface area contributed by atoms with Crippen molar-refractivity contribution in [2.24, 2.45) is 11.8 Å². The minimum Gasteiger partial charge on any atom is -0.382 e. The predicted molar refractivity (Wildman–Crippen MR) is 65.1 cm³/mol. The van der Waals surface area contributed by atoms with E-state index in [9.17, 15) is 0 Å². The first-order valence-electron chi connectivity index (χ1n) is 6.56. The highest BCUT2D eigenvalue weighted by molar-refractivity contribution is 4.83. The molecule has 0 saturated heterocycles. The fraction of sp³-hybridized carbons (Fsp3) is 1.00. The van der Waals surface area contributed by atoms with Crippen molar-refractivity contribution in [2.75, 3.05) is 19.8 Å². The lowest BCUT2D eigenvalue weighted by atomic mass is 9.79. The van der Waals surface area contributed by atoms with Gasteiger partial charge in [-0.2, -0.15) is 0 Å². The third-order valence-corrected chi connectivity index (χ3v) is 3.59. The number of hydrogen-bond donors (Lipinski definition) is 1. The van der Waals surface area contributed by atoms with Crippen molar-refractivity contribution in [1.82, 2.24) is 5.32 Å².